The third-order valence-corrected chi connectivity index (χ3v) is 5.23. The van der Waals surface area contributed by atoms with Crippen molar-refractivity contribution in [2.45, 2.75) is 45.1 Å². The van der Waals surface area contributed by atoms with E-state index in [9.17, 15) is 13.0 Å². The lowest BCUT2D eigenvalue weighted by Gasteiger charge is -2.14. The summed E-state index contributed by atoms with van der Waals surface area (Å²) in [6.07, 6.45) is 7.87. The summed E-state index contributed by atoms with van der Waals surface area (Å²) in [5.74, 6) is 0.0308. The van der Waals surface area contributed by atoms with Gasteiger partial charge in [-0.2, -0.15) is 0 Å². The summed E-state index contributed by atoms with van der Waals surface area (Å²) in [6, 6.07) is 11.2. The molecule has 0 bridgehead atoms. The minimum atomic E-state index is -1.11. The van der Waals surface area contributed by atoms with E-state index in [1.54, 1.807) is 30.5 Å². The summed E-state index contributed by atoms with van der Waals surface area (Å²) in [5, 5.41) is 4.58. The molecule has 4 rings (SSSR count). The fraction of sp³-hybridized carbons (Fsp3) is 0.333. The molecular weight excluding hydrogens is 432 g/mol. The van der Waals surface area contributed by atoms with Crippen LogP contribution in [0.2, 0.25) is 0 Å². The predicted octanol–water partition coefficient (Wildman–Crippen LogP) is 5.21. The molecule has 1 atom stereocenters. The summed E-state index contributed by atoms with van der Waals surface area (Å²) in [4.78, 5) is 8.86. The van der Waals surface area contributed by atoms with E-state index < -0.39 is 22.6 Å². The minimum absolute atomic E-state index is 0.0156. The molecule has 0 radical (unpaired) electrons. The highest BCUT2D eigenvalue weighted by atomic mass is 32.2. The van der Waals surface area contributed by atoms with Gasteiger partial charge in [0, 0.05) is 35.2 Å². The van der Waals surface area contributed by atoms with Crippen LogP contribution in [-0.2, 0) is 17.6 Å². The number of hydrogen-bond donors (Lipinski definition) is 1. The van der Waals surface area contributed by atoms with Gasteiger partial charge < -0.3 is 4.74 Å². The van der Waals surface area contributed by atoms with E-state index in [0.717, 1.165) is 24.1 Å². The van der Waals surface area contributed by atoms with Crippen molar-refractivity contribution in [3.8, 4) is 16.9 Å². The topological polar surface area (TPSA) is 78.1 Å². The first kappa shape index (κ1) is 23.9. The first-order valence-electron chi connectivity index (χ1n) is 10.4. The van der Waals surface area contributed by atoms with E-state index in [-0.39, 0.29) is 12.4 Å². The molecule has 2 N–H and O–H groups in total. The highest BCUT2D eigenvalue weighted by Crippen LogP contribution is 2.35. The summed E-state index contributed by atoms with van der Waals surface area (Å²) in [5.41, 5.74) is 2.60. The highest BCUT2D eigenvalue weighted by molar-refractivity contribution is 7.81. The van der Waals surface area contributed by atoms with Crippen LogP contribution in [0.3, 0.4) is 0 Å². The number of nitrogens with two attached hydrogens (primary N) is 1. The van der Waals surface area contributed by atoms with Crippen molar-refractivity contribution in [1.29, 1.82) is 0 Å². The van der Waals surface area contributed by atoms with E-state index in [1.807, 2.05) is 13.0 Å². The van der Waals surface area contributed by atoms with Gasteiger partial charge in [-0.15, -0.1) is 0 Å². The average Bonchev–Trinajstić information content (AvgIpc) is 3.29. The van der Waals surface area contributed by atoms with E-state index in [1.165, 1.54) is 31.2 Å². The Labute approximate surface area is 189 Å². The number of hydrogen-bond acceptors (Lipinski definition) is 4. The second kappa shape index (κ2) is 11.2. The molecule has 1 fully saturated rings. The maximum Gasteiger partial charge on any atom is 0.166 e. The SMILES string of the molecule is CS(N)=O.Cc1ccc(F)c(-c2cccc(F)c2OCc2nccc(C3CCCC3)n2)c1. The zero-order chi connectivity index (χ0) is 23.1. The van der Waals surface area contributed by atoms with E-state index in [2.05, 4.69) is 15.1 Å². The standard InChI is InChI=1S/C23H22F2N2O.CH5NOS/c1-15-9-10-19(24)18(13-15)17-7-4-8-20(25)23(17)28-14-22-26-12-11-21(27-22)16-5-2-3-6-16;1-4(2)3/h4,7-13,16H,2-3,5-6,14H2,1H3;2H2,1H3. The number of aromatic nitrogens is 2. The third kappa shape index (κ3) is 6.40. The Morgan fingerprint density at radius 1 is 1.09 bits per heavy atom. The second-order valence-corrected chi connectivity index (χ2v) is 8.76. The molecule has 3 aromatic rings. The van der Waals surface area contributed by atoms with Gasteiger partial charge in [0.15, 0.2) is 17.4 Å². The lowest BCUT2D eigenvalue weighted by Crippen LogP contribution is -2.07. The second-order valence-electron chi connectivity index (χ2n) is 7.77. The van der Waals surface area contributed by atoms with Crippen LogP contribution in [0, 0.1) is 18.6 Å². The maximum absolute atomic E-state index is 14.5. The molecule has 8 heteroatoms. The summed E-state index contributed by atoms with van der Waals surface area (Å²) < 4.78 is 43.9. The highest BCUT2D eigenvalue weighted by Gasteiger charge is 2.19. The van der Waals surface area contributed by atoms with Gasteiger partial charge in [0.1, 0.15) is 12.4 Å². The predicted molar refractivity (Wildman–Crippen MR) is 122 cm³/mol. The third-order valence-electron chi connectivity index (χ3n) is 5.23. The molecule has 1 aromatic heterocycles. The quantitative estimate of drug-likeness (QED) is 0.568. The van der Waals surface area contributed by atoms with Gasteiger partial charge in [-0.25, -0.2) is 23.0 Å². The number of aryl methyl sites for hydroxylation is 1. The lowest BCUT2D eigenvalue weighted by molar-refractivity contribution is 0.281. The first-order valence-corrected chi connectivity index (χ1v) is 12.0. The van der Waals surface area contributed by atoms with Crippen LogP contribution in [0.15, 0.2) is 48.7 Å². The molecule has 5 nitrogen and oxygen atoms in total. The largest absolute Gasteiger partial charge is 0.482 e. The van der Waals surface area contributed by atoms with E-state index in [4.69, 9.17) is 4.74 Å². The number of nitrogens with zero attached hydrogens (tertiary/aromatic N) is 2. The molecule has 0 spiro atoms. The van der Waals surface area contributed by atoms with Gasteiger partial charge in [-0.05, 0) is 44.0 Å². The van der Waals surface area contributed by atoms with Crippen LogP contribution in [0.5, 0.6) is 5.75 Å². The first-order chi connectivity index (χ1) is 15.3. The Balaban J connectivity index is 0.000000668. The monoisotopic (exact) mass is 459 g/mol. The fourth-order valence-electron chi connectivity index (χ4n) is 3.78. The molecule has 1 aliphatic rings. The van der Waals surface area contributed by atoms with Crippen LogP contribution in [0.1, 0.15) is 48.7 Å². The van der Waals surface area contributed by atoms with Gasteiger partial charge in [0.2, 0.25) is 0 Å². The van der Waals surface area contributed by atoms with Crippen LogP contribution in [0.25, 0.3) is 11.1 Å². The zero-order valence-corrected chi connectivity index (χ0v) is 19.0. The molecule has 1 aliphatic carbocycles. The Kier molecular flexibility index (Phi) is 8.41. The molecule has 0 aliphatic heterocycles. The number of halogens is 2. The Bertz CT molecular complexity index is 1080. The van der Waals surface area contributed by atoms with Gasteiger partial charge in [0.25, 0.3) is 0 Å². The normalized spacial score (nSPS) is 14.5. The molecule has 0 saturated heterocycles. The molecule has 0 amide bonds. The van der Waals surface area contributed by atoms with Crippen molar-refractivity contribution >= 4 is 11.0 Å². The molecule has 1 unspecified atom stereocenters. The van der Waals surface area contributed by atoms with Gasteiger partial charge >= 0.3 is 0 Å². The van der Waals surface area contributed by atoms with Crippen molar-refractivity contribution < 1.29 is 17.7 Å². The Morgan fingerprint density at radius 2 is 1.81 bits per heavy atom. The van der Waals surface area contributed by atoms with E-state index >= 15 is 0 Å². The maximum atomic E-state index is 14.5. The van der Waals surface area contributed by atoms with Crippen LogP contribution in [-0.4, -0.2) is 20.4 Å². The lowest BCUT2D eigenvalue weighted by atomic mass is 10.0. The fourth-order valence-corrected chi connectivity index (χ4v) is 3.78. The molecule has 1 saturated carbocycles. The smallest absolute Gasteiger partial charge is 0.166 e. The Hall–Kier alpha value is -2.71. The number of rotatable bonds is 5. The van der Waals surface area contributed by atoms with Crippen molar-refractivity contribution in [1.82, 2.24) is 9.97 Å². The van der Waals surface area contributed by atoms with Crippen molar-refractivity contribution in [3.63, 3.8) is 0 Å². The number of benzene rings is 2. The van der Waals surface area contributed by atoms with E-state index in [0.29, 0.717) is 22.9 Å². The molecule has 1 heterocycles. The van der Waals surface area contributed by atoms with Crippen LogP contribution >= 0.6 is 0 Å². The molecular formula is C24H27F2N3O2S. The summed E-state index contributed by atoms with van der Waals surface area (Å²) in [6.45, 7) is 1.90. The summed E-state index contributed by atoms with van der Waals surface area (Å²) >= 11 is 0. The van der Waals surface area contributed by atoms with Gasteiger partial charge in [-0.1, -0.05) is 36.6 Å². The molecule has 32 heavy (non-hydrogen) atoms. The summed E-state index contributed by atoms with van der Waals surface area (Å²) in [7, 11) is -1.11. The van der Waals surface area contributed by atoms with Gasteiger partial charge in [0.05, 0.1) is 11.0 Å². The average molecular weight is 460 g/mol. The van der Waals surface area contributed by atoms with Gasteiger partial charge in [-0.3, -0.25) is 5.14 Å². The Morgan fingerprint density at radius 3 is 2.53 bits per heavy atom. The molecule has 2 aromatic carbocycles. The van der Waals surface area contributed by atoms with Crippen molar-refractivity contribution in [2.24, 2.45) is 5.14 Å². The minimum Gasteiger partial charge on any atom is -0.482 e. The van der Waals surface area contributed by atoms with Crippen molar-refractivity contribution in [2.75, 3.05) is 6.26 Å². The zero-order valence-electron chi connectivity index (χ0n) is 18.2. The number of ether oxygens (including phenoxy) is 1. The van der Waals surface area contributed by atoms with Crippen LogP contribution in [0.4, 0.5) is 8.78 Å². The van der Waals surface area contributed by atoms with Crippen molar-refractivity contribution in [3.05, 3.63) is 77.4 Å². The molecule has 170 valence electrons. The number of para-hydroxylation sites is 1. The van der Waals surface area contributed by atoms with Crippen LogP contribution < -0.4 is 9.88 Å².